The Morgan fingerprint density at radius 2 is 2.22 bits per heavy atom. The highest BCUT2D eigenvalue weighted by molar-refractivity contribution is 9.10. The Hall–Kier alpha value is -0.340. The molecule has 0 aliphatic rings. The molecule has 0 heterocycles. The van der Waals surface area contributed by atoms with E-state index in [9.17, 15) is 0 Å². The van der Waals surface area contributed by atoms with Crippen LogP contribution in [0.1, 0.15) is 5.56 Å². The molecule has 0 aromatic heterocycles. The first-order chi connectivity index (χ1) is 4.33. The molecule has 0 saturated carbocycles. The molecule has 0 saturated heterocycles. The molecule has 1 rings (SSSR count). The van der Waals surface area contributed by atoms with Gasteiger partial charge < -0.3 is 0 Å². The third-order valence-electron chi connectivity index (χ3n) is 1.09. The predicted octanol–water partition coefficient (Wildman–Crippen LogP) is 2.23. The van der Waals surface area contributed by atoms with Crippen molar-refractivity contribution in [1.29, 1.82) is 0 Å². The maximum atomic E-state index is 7.02. The standard InChI is InChI=1S/C7H7BrN/c8-7-3-1-2-6(4-7)5-9/h1-4,9H,5H2. The summed E-state index contributed by atoms with van der Waals surface area (Å²) >= 11 is 3.32. The van der Waals surface area contributed by atoms with Gasteiger partial charge in [-0.3, -0.25) is 5.73 Å². The zero-order chi connectivity index (χ0) is 6.69. The SMILES string of the molecule is [NH]Cc1cccc(Br)c1. The van der Waals surface area contributed by atoms with Gasteiger partial charge >= 0.3 is 0 Å². The van der Waals surface area contributed by atoms with Crippen molar-refractivity contribution in [3.05, 3.63) is 34.3 Å². The van der Waals surface area contributed by atoms with Crippen LogP contribution in [0.5, 0.6) is 0 Å². The molecule has 1 N–H and O–H groups in total. The topological polar surface area (TPSA) is 23.8 Å². The summed E-state index contributed by atoms with van der Waals surface area (Å²) in [5.74, 6) is 0. The van der Waals surface area contributed by atoms with Gasteiger partial charge in [0.05, 0.1) is 0 Å². The van der Waals surface area contributed by atoms with Gasteiger partial charge in [-0.1, -0.05) is 28.1 Å². The zero-order valence-corrected chi connectivity index (χ0v) is 6.48. The van der Waals surface area contributed by atoms with Gasteiger partial charge in [-0.2, -0.15) is 0 Å². The lowest BCUT2D eigenvalue weighted by Crippen LogP contribution is -1.82. The average molecular weight is 185 g/mol. The van der Waals surface area contributed by atoms with E-state index in [1.807, 2.05) is 24.3 Å². The second kappa shape index (κ2) is 2.99. The fraction of sp³-hybridized carbons (Fsp3) is 0.143. The summed E-state index contributed by atoms with van der Waals surface area (Å²) in [7, 11) is 0. The maximum absolute atomic E-state index is 7.02. The molecule has 1 aromatic rings. The Morgan fingerprint density at radius 3 is 2.67 bits per heavy atom. The zero-order valence-electron chi connectivity index (χ0n) is 4.89. The van der Waals surface area contributed by atoms with Crippen molar-refractivity contribution in [1.82, 2.24) is 5.73 Å². The van der Waals surface area contributed by atoms with Crippen molar-refractivity contribution in [2.24, 2.45) is 0 Å². The van der Waals surface area contributed by atoms with E-state index in [1.54, 1.807) is 0 Å². The summed E-state index contributed by atoms with van der Waals surface area (Å²) in [5, 5.41) is 0. The van der Waals surface area contributed by atoms with Crippen LogP contribution in [0.3, 0.4) is 0 Å². The predicted molar refractivity (Wildman–Crippen MR) is 40.9 cm³/mol. The molecule has 0 amide bonds. The van der Waals surface area contributed by atoms with Crippen LogP contribution in [-0.2, 0) is 6.54 Å². The smallest absolute Gasteiger partial charge is 0.0351 e. The summed E-state index contributed by atoms with van der Waals surface area (Å²) in [6, 6.07) is 7.79. The minimum atomic E-state index is 0.361. The number of rotatable bonds is 1. The van der Waals surface area contributed by atoms with Crippen LogP contribution in [0.25, 0.3) is 0 Å². The Kier molecular flexibility index (Phi) is 2.25. The van der Waals surface area contributed by atoms with Crippen LogP contribution in [0.2, 0.25) is 0 Å². The van der Waals surface area contributed by atoms with Gasteiger partial charge in [-0.25, -0.2) is 0 Å². The van der Waals surface area contributed by atoms with E-state index in [4.69, 9.17) is 5.73 Å². The van der Waals surface area contributed by atoms with Gasteiger partial charge in [-0.05, 0) is 17.7 Å². The quantitative estimate of drug-likeness (QED) is 0.640. The highest BCUT2D eigenvalue weighted by Crippen LogP contribution is 2.10. The van der Waals surface area contributed by atoms with Crippen molar-refractivity contribution in [2.45, 2.75) is 6.54 Å². The Labute approximate surface area is 63.0 Å². The third kappa shape index (κ3) is 1.80. The first kappa shape index (κ1) is 6.78. The molecule has 0 unspecified atom stereocenters. The minimum Gasteiger partial charge on any atom is -0.253 e. The summed E-state index contributed by atoms with van der Waals surface area (Å²) < 4.78 is 1.05. The number of hydrogen-bond acceptors (Lipinski definition) is 0. The van der Waals surface area contributed by atoms with Crippen molar-refractivity contribution in [2.75, 3.05) is 0 Å². The van der Waals surface area contributed by atoms with E-state index in [0.29, 0.717) is 6.54 Å². The molecule has 1 nitrogen and oxygen atoms in total. The fourth-order valence-electron chi connectivity index (χ4n) is 0.647. The molecule has 1 aromatic carbocycles. The van der Waals surface area contributed by atoms with E-state index in [1.165, 1.54) is 0 Å². The normalized spacial score (nSPS) is 9.56. The number of hydrogen-bond donors (Lipinski definition) is 0. The molecule has 0 atom stereocenters. The number of benzene rings is 1. The first-order valence-electron chi connectivity index (χ1n) is 2.72. The van der Waals surface area contributed by atoms with E-state index in [-0.39, 0.29) is 0 Å². The van der Waals surface area contributed by atoms with Gasteiger partial charge in [0, 0.05) is 11.0 Å². The van der Waals surface area contributed by atoms with Crippen molar-refractivity contribution in [3.63, 3.8) is 0 Å². The second-order valence-corrected chi connectivity index (χ2v) is 2.72. The van der Waals surface area contributed by atoms with E-state index >= 15 is 0 Å². The lowest BCUT2D eigenvalue weighted by Gasteiger charge is -1.93. The molecule has 9 heavy (non-hydrogen) atoms. The lowest BCUT2D eigenvalue weighted by molar-refractivity contribution is 1.03. The second-order valence-electron chi connectivity index (χ2n) is 1.81. The van der Waals surface area contributed by atoms with Crippen molar-refractivity contribution >= 4 is 15.9 Å². The van der Waals surface area contributed by atoms with Crippen molar-refractivity contribution < 1.29 is 0 Å². The van der Waals surface area contributed by atoms with Crippen LogP contribution in [0.4, 0.5) is 0 Å². The molecule has 0 aliphatic heterocycles. The van der Waals surface area contributed by atoms with Gasteiger partial charge in [0.2, 0.25) is 0 Å². The average Bonchev–Trinajstić information content (AvgIpc) is 1.88. The first-order valence-corrected chi connectivity index (χ1v) is 3.51. The van der Waals surface area contributed by atoms with Gasteiger partial charge in [-0.15, -0.1) is 0 Å². The van der Waals surface area contributed by atoms with Gasteiger partial charge in [0.1, 0.15) is 0 Å². The lowest BCUT2D eigenvalue weighted by atomic mass is 10.2. The largest absolute Gasteiger partial charge is 0.253 e. The fourth-order valence-corrected chi connectivity index (χ4v) is 1.09. The van der Waals surface area contributed by atoms with Crippen LogP contribution < -0.4 is 5.73 Å². The highest BCUT2D eigenvalue weighted by atomic mass is 79.9. The number of halogens is 1. The van der Waals surface area contributed by atoms with Crippen LogP contribution in [-0.4, -0.2) is 0 Å². The Bertz CT molecular complexity index is 198. The van der Waals surface area contributed by atoms with Crippen LogP contribution >= 0.6 is 15.9 Å². The third-order valence-corrected chi connectivity index (χ3v) is 1.59. The van der Waals surface area contributed by atoms with Crippen LogP contribution in [0.15, 0.2) is 28.7 Å². The summed E-state index contributed by atoms with van der Waals surface area (Å²) in [6.07, 6.45) is 0. The summed E-state index contributed by atoms with van der Waals surface area (Å²) in [5.41, 5.74) is 8.07. The maximum Gasteiger partial charge on any atom is 0.0351 e. The van der Waals surface area contributed by atoms with Crippen LogP contribution in [0, 0.1) is 0 Å². The highest BCUT2D eigenvalue weighted by Gasteiger charge is 1.87. The summed E-state index contributed by atoms with van der Waals surface area (Å²) in [6.45, 7) is 0.361. The molecular formula is C7H7BrN. The number of nitrogens with one attached hydrogen (secondary N) is 1. The van der Waals surface area contributed by atoms with E-state index in [0.717, 1.165) is 10.0 Å². The molecule has 0 bridgehead atoms. The molecule has 0 spiro atoms. The Morgan fingerprint density at radius 1 is 1.44 bits per heavy atom. The Balaban J connectivity index is 2.94. The molecule has 1 radical (unpaired) electrons. The van der Waals surface area contributed by atoms with Gasteiger partial charge in [0.15, 0.2) is 0 Å². The molecule has 0 aliphatic carbocycles. The minimum absolute atomic E-state index is 0.361. The van der Waals surface area contributed by atoms with Gasteiger partial charge in [0.25, 0.3) is 0 Å². The monoisotopic (exact) mass is 184 g/mol. The molecule has 0 fully saturated rings. The van der Waals surface area contributed by atoms with E-state index < -0.39 is 0 Å². The summed E-state index contributed by atoms with van der Waals surface area (Å²) in [4.78, 5) is 0. The molecule has 47 valence electrons. The molecular weight excluding hydrogens is 178 g/mol. The van der Waals surface area contributed by atoms with E-state index in [2.05, 4.69) is 15.9 Å². The molecule has 2 heteroatoms. The van der Waals surface area contributed by atoms with Crippen molar-refractivity contribution in [3.8, 4) is 0 Å².